The van der Waals surface area contributed by atoms with Crippen LogP contribution in [0.1, 0.15) is 58.8 Å². The Hall–Kier alpha value is -1.12. The lowest BCUT2D eigenvalue weighted by Crippen LogP contribution is -2.19. The van der Waals surface area contributed by atoms with Crippen LogP contribution in [0.2, 0.25) is 0 Å². The van der Waals surface area contributed by atoms with E-state index in [2.05, 4.69) is 78.2 Å². The number of thiophene rings is 1. The maximum absolute atomic E-state index is 3.51. The fourth-order valence-electron chi connectivity index (χ4n) is 2.99. The highest BCUT2D eigenvalue weighted by Crippen LogP contribution is 2.36. The molecule has 2 heteroatoms. The average molecular weight is 301 g/mol. The Labute approximate surface area is 133 Å². The quantitative estimate of drug-likeness (QED) is 0.813. The molecule has 0 saturated carbocycles. The van der Waals surface area contributed by atoms with E-state index in [4.69, 9.17) is 0 Å². The van der Waals surface area contributed by atoms with Gasteiger partial charge in [0.15, 0.2) is 0 Å². The highest BCUT2D eigenvalue weighted by Gasteiger charge is 2.22. The standard InChI is InChI=1S/C19H27NS/c1-12-10-13(2)17(14(3)11-12)18(20-7)15-8-9-16(21-15)19(4,5)6/h8-11,18,20H,1-7H3. The van der Waals surface area contributed by atoms with Gasteiger partial charge in [-0.15, -0.1) is 11.3 Å². The fraction of sp³-hybridized carbons (Fsp3) is 0.474. The van der Waals surface area contributed by atoms with Gasteiger partial charge >= 0.3 is 0 Å². The van der Waals surface area contributed by atoms with Gasteiger partial charge in [0.2, 0.25) is 0 Å². The van der Waals surface area contributed by atoms with Crippen molar-refractivity contribution in [1.82, 2.24) is 5.32 Å². The van der Waals surface area contributed by atoms with Crippen LogP contribution in [-0.4, -0.2) is 7.05 Å². The molecule has 2 aromatic rings. The Morgan fingerprint density at radius 1 is 1.00 bits per heavy atom. The Morgan fingerprint density at radius 3 is 2.00 bits per heavy atom. The van der Waals surface area contributed by atoms with Crippen molar-refractivity contribution < 1.29 is 0 Å². The highest BCUT2D eigenvalue weighted by molar-refractivity contribution is 7.12. The summed E-state index contributed by atoms with van der Waals surface area (Å²) in [5.41, 5.74) is 5.73. The molecule has 1 aromatic heterocycles. The Morgan fingerprint density at radius 2 is 1.57 bits per heavy atom. The van der Waals surface area contributed by atoms with Gasteiger partial charge in [-0.25, -0.2) is 0 Å². The molecule has 0 saturated heterocycles. The second kappa shape index (κ2) is 5.94. The van der Waals surface area contributed by atoms with Crippen molar-refractivity contribution in [2.24, 2.45) is 0 Å². The molecule has 0 aliphatic heterocycles. The van der Waals surface area contributed by atoms with Crippen molar-refractivity contribution in [2.75, 3.05) is 7.05 Å². The lowest BCUT2D eigenvalue weighted by Gasteiger charge is -2.21. The molecule has 1 nitrogen and oxygen atoms in total. The largest absolute Gasteiger partial charge is 0.309 e. The molecule has 0 bridgehead atoms. The average Bonchev–Trinajstić information content (AvgIpc) is 2.82. The molecule has 0 radical (unpaired) electrons. The molecule has 1 atom stereocenters. The van der Waals surface area contributed by atoms with Gasteiger partial charge in [-0.2, -0.15) is 0 Å². The van der Waals surface area contributed by atoms with Gasteiger partial charge in [0, 0.05) is 9.75 Å². The molecule has 0 fully saturated rings. The van der Waals surface area contributed by atoms with Gasteiger partial charge in [0.1, 0.15) is 0 Å². The summed E-state index contributed by atoms with van der Waals surface area (Å²) in [4.78, 5) is 2.85. The number of aryl methyl sites for hydroxylation is 3. The van der Waals surface area contributed by atoms with Crippen LogP contribution in [0.5, 0.6) is 0 Å². The SMILES string of the molecule is CNC(c1ccc(C(C)(C)C)s1)c1c(C)cc(C)cc1C. The Balaban J connectivity index is 2.48. The minimum absolute atomic E-state index is 0.221. The van der Waals surface area contributed by atoms with E-state index in [-0.39, 0.29) is 11.5 Å². The molecule has 0 aliphatic rings. The number of rotatable bonds is 3. The summed E-state index contributed by atoms with van der Waals surface area (Å²) in [6.45, 7) is 13.4. The van der Waals surface area contributed by atoms with Gasteiger partial charge in [-0.1, -0.05) is 38.5 Å². The zero-order valence-corrected chi connectivity index (χ0v) is 15.1. The van der Waals surface area contributed by atoms with Crippen LogP contribution in [0.15, 0.2) is 24.3 Å². The van der Waals surface area contributed by atoms with E-state index in [1.54, 1.807) is 0 Å². The number of hydrogen-bond donors (Lipinski definition) is 1. The first-order valence-electron chi connectivity index (χ1n) is 7.59. The van der Waals surface area contributed by atoms with Crippen molar-refractivity contribution in [2.45, 2.75) is 53.0 Å². The Bertz CT molecular complexity index is 608. The lowest BCUT2D eigenvalue weighted by atomic mass is 9.93. The van der Waals surface area contributed by atoms with E-state index in [9.17, 15) is 0 Å². The lowest BCUT2D eigenvalue weighted by molar-refractivity contribution is 0.604. The van der Waals surface area contributed by atoms with Crippen molar-refractivity contribution in [3.05, 3.63) is 56.3 Å². The third-order valence-electron chi connectivity index (χ3n) is 3.97. The molecule has 1 unspecified atom stereocenters. The summed E-state index contributed by atoms with van der Waals surface area (Å²) in [5, 5.41) is 3.51. The van der Waals surface area contributed by atoms with Crippen LogP contribution in [0.4, 0.5) is 0 Å². The minimum Gasteiger partial charge on any atom is -0.309 e. The highest BCUT2D eigenvalue weighted by atomic mass is 32.1. The molecule has 1 heterocycles. The van der Waals surface area contributed by atoms with Crippen molar-refractivity contribution >= 4 is 11.3 Å². The van der Waals surface area contributed by atoms with Gasteiger partial charge in [0.25, 0.3) is 0 Å². The van der Waals surface area contributed by atoms with E-state index in [1.807, 2.05) is 11.3 Å². The topological polar surface area (TPSA) is 12.0 Å². The maximum Gasteiger partial charge on any atom is 0.0673 e. The predicted molar refractivity (Wildman–Crippen MR) is 94.6 cm³/mol. The fourth-order valence-corrected chi connectivity index (χ4v) is 4.17. The van der Waals surface area contributed by atoms with E-state index < -0.39 is 0 Å². The smallest absolute Gasteiger partial charge is 0.0673 e. The van der Waals surface area contributed by atoms with Crippen LogP contribution in [0.25, 0.3) is 0 Å². The zero-order valence-electron chi connectivity index (χ0n) is 14.3. The summed E-state index contributed by atoms with van der Waals surface area (Å²) >= 11 is 1.93. The third-order valence-corrected chi connectivity index (χ3v) is 5.54. The second-order valence-electron chi connectivity index (χ2n) is 6.99. The van der Waals surface area contributed by atoms with Gasteiger partial charge in [-0.3, -0.25) is 0 Å². The first-order valence-corrected chi connectivity index (χ1v) is 8.41. The molecule has 0 amide bonds. The van der Waals surface area contributed by atoms with E-state index in [1.165, 1.54) is 32.0 Å². The van der Waals surface area contributed by atoms with E-state index in [0.717, 1.165) is 0 Å². The predicted octanol–water partition coefficient (Wildman–Crippen LogP) is 5.28. The van der Waals surface area contributed by atoms with Gasteiger partial charge in [0.05, 0.1) is 6.04 Å². The second-order valence-corrected chi connectivity index (χ2v) is 8.10. The van der Waals surface area contributed by atoms with E-state index >= 15 is 0 Å². The van der Waals surface area contributed by atoms with Gasteiger partial charge < -0.3 is 5.32 Å². The number of nitrogens with one attached hydrogen (secondary N) is 1. The Kier molecular flexibility index (Phi) is 4.60. The molecule has 114 valence electrons. The van der Waals surface area contributed by atoms with Crippen LogP contribution in [0, 0.1) is 20.8 Å². The van der Waals surface area contributed by atoms with Gasteiger partial charge in [-0.05, 0) is 62.1 Å². The van der Waals surface area contributed by atoms with Crippen LogP contribution >= 0.6 is 11.3 Å². The monoisotopic (exact) mass is 301 g/mol. The minimum atomic E-state index is 0.221. The van der Waals surface area contributed by atoms with Crippen LogP contribution in [-0.2, 0) is 5.41 Å². The van der Waals surface area contributed by atoms with Crippen molar-refractivity contribution in [3.63, 3.8) is 0 Å². The van der Waals surface area contributed by atoms with Crippen molar-refractivity contribution in [3.8, 4) is 0 Å². The summed E-state index contributed by atoms with van der Waals surface area (Å²) in [6, 6.07) is 9.41. The molecular formula is C19H27NS. The molecule has 1 aromatic carbocycles. The molecule has 2 rings (SSSR count). The summed E-state index contributed by atoms with van der Waals surface area (Å²) < 4.78 is 0. The molecule has 0 aliphatic carbocycles. The first kappa shape index (κ1) is 16.3. The van der Waals surface area contributed by atoms with E-state index in [0.29, 0.717) is 0 Å². The molecule has 0 spiro atoms. The van der Waals surface area contributed by atoms with Crippen LogP contribution in [0.3, 0.4) is 0 Å². The molecule has 1 N–H and O–H groups in total. The summed E-state index contributed by atoms with van der Waals surface area (Å²) in [6.07, 6.45) is 0. The molecule has 21 heavy (non-hydrogen) atoms. The summed E-state index contributed by atoms with van der Waals surface area (Å²) in [7, 11) is 2.06. The zero-order chi connectivity index (χ0) is 15.8. The maximum atomic E-state index is 3.51. The first-order chi connectivity index (χ1) is 9.74. The third kappa shape index (κ3) is 3.38. The normalized spacial score (nSPS) is 13.5. The number of benzene rings is 1. The van der Waals surface area contributed by atoms with Crippen molar-refractivity contribution in [1.29, 1.82) is 0 Å². The number of hydrogen-bond acceptors (Lipinski definition) is 2. The summed E-state index contributed by atoms with van der Waals surface area (Å²) in [5.74, 6) is 0. The molecular weight excluding hydrogens is 274 g/mol. The van der Waals surface area contributed by atoms with Crippen LogP contribution < -0.4 is 5.32 Å².